The molecule has 0 aliphatic carbocycles. The number of furan rings is 1. The number of benzene rings is 2. The first-order valence-electron chi connectivity index (χ1n) is 7.47. The summed E-state index contributed by atoms with van der Waals surface area (Å²) in [6, 6.07) is 19.0. The van der Waals surface area contributed by atoms with E-state index in [0.717, 1.165) is 22.9 Å². The molecule has 0 radical (unpaired) electrons. The van der Waals surface area contributed by atoms with Crippen LogP contribution in [0, 0.1) is 10.1 Å². The number of fused-ring (bicyclic) bond motifs is 1. The largest absolute Gasteiger partial charge is 0.433 e. The number of nitro groups is 1. The van der Waals surface area contributed by atoms with Crippen molar-refractivity contribution in [2.75, 3.05) is 0 Å². The predicted molar refractivity (Wildman–Crippen MR) is 89.7 cm³/mol. The van der Waals surface area contributed by atoms with Gasteiger partial charge in [-0.05, 0) is 29.7 Å². The molecule has 1 N–H and O–H groups in total. The van der Waals surface area contributed by atoms with Gasteiger partial charge in [-0.25, -0.2) is 0 Å². The molecule has 0 saturated heterocycles. The van der Waals surface area contributed by atoms with Crippen LogP contribution in [0.3, 0.4) is 0 Å². The summed E-state index contributed by atoms with van der Waals surface area (Å²) in [5.74, 6) is 0.0927. The summed E-state index contributed by atoms with van der Waals surface area (Å²) in [6.45, 7) is 0. The quantitative estimate of drug-likeness (QED) is 0.448. The highest BCUT2D eigenvalue weighted by Gasteiger charge is 2.19. The second-order valence-corrected chi connectivity index (χ2v) is 5.47. The van der Waals surface area contributed by atoms with Crippen molar-refractivity contribution in [3.63, 3.8) is 0 Å². The number of nitrogens with zero attached hydrogens (tertiary/aromatic N) is 2. The molecule has 0 atom stereocenters. The van der Waals surface area contributed by atoms with Crippen molar-refractivity contribution in [1.29, 1.82) is 0 Å². The Morgan fingerprint density at radius 1 is 1.04 bits per heavy atom. The lowest BCUT2D eigenvalue weighted by atomic mass is 9.99. The highest BCUT2D eigenvalue weighted by Crippen LogP contribution is 2.33. The molecule has 4 rings (SSSR count). The Morgan fingerprint density at radius 2 is 1.88 bits per heavy atom. The van der Waals surface area contributed by atoms with E-state index >= 15 is 0 Å². The second kappa shape index (κ2) is 5.66. The van der Waals surface area contributed by atoms with Gasteiger partial charge in [0.25, 0.3) is 0 Å². The third-order valence-corrected chi connectivity index (χ3v) is 3.92. The molecule has 118 valence electrons. The Labute approximate surface area is 136 Å². The minimum atomic E-state index is -0.552. The highest BCUT2D eigenvalue weighted by molar-refractivity contribution is 5.94. The molecular weight excluding hydrogens is 306 g/mol. The Kier molecular flexibility index (Phi) is 3.35. The van der Waals surface area contributed by atoms with Gasteiger partial charge in [-0.1, -0.05) is 42.5 Å². The van der Waals surface area contributed by atoms with Gasteiger partial charge in [0.1, 0.15) is 10.6 Å². The predicted octanol–water partition coefficient (Wildman–Crippen LogP) is 4.32. The number of hydrogen-bond acceptors (Lipinski definition) is 4. The molecule has 0 amide bonds. The standard InChI is InChI=1S/C18H13N3O3/c22-21(23)16-10-9-15(24-16)18-17-13(7-4-8-14(17)19-20-18)11-12-5-2-1-3-6-12/h1-10H,11H2,(H,19,20). The molecule has 0 unspecified atom stereocenters. The van der Waals surface area contributed by atoms with Crippen molar-refractivity contribution in [3.05, 3.63) is 81.9 Å². The van der Waals surface area contributed by atoms with Gasteiger partial charge in [0, 0.05) is 5.39 Å². The number of H-pyrrole nitrogens is 1. The van der Waals surface area contributed by atoms with E-state index in [4.69, 9.17) is 4.42 Å². The maximum atomic E-state index is 10.8. The third-order valence-electron chi connectivity index (χ3n) is 3.92. The van der Waals surface area contributed by atoms with Crippen LogP contribution in [0.5, 0.6) is 0 Å². The van der Waals surface area contributed by atoms with E-state index in [2.05, 4.69) is 22.3 Å². The molecule has 6 heteroatoms. The van der Waals surface area contributed by atoms with Crippen molar-refractivity contribution in [2.24, 2.45) is 0 Å². The number of rotatable bonds is 4. The maximum Gasteiger partial charge on any atom is 0.433 e. The second-order valence-electron chi connectivity index (χ2n) is 5.47. The van der Waals surface area contributed by atoms with Crippen LogP contribution in [0.25, 0.3) is 22.4 Å². The van der Waals surface area contributed by atoms with Gasteiger partial charge in [0.05, 0.1) is 11.6 Å². The zero-order valence-corrected chi connectivity index (χ0v) is 12.6. The zero-order chi connectivity index (χ0) is 16.5. The molecule has 4 aromatic rings. The fraction of sp³-hybridized carbons (Fsp3) is 0.0556. The van der Waals surface area contributed by atoms with Gasteiger partial charge in [-0.15, -0.1) is 0 Å². The van der Waals surface area contributed by atoms with E-state index in [9.17, 15) is 10.1 Å². The van der Waals surface area contributed by atoms with Crippen molar-refractivity contribution in [3.8, 4) is 11.5 Å². The van der Waals surface area contributed by atoms with Crippen LogP contribution in [0.15, 0.2) is 65.1 Å². The van der Waals surface area contributed by atoms with Crippen molar-refractivity contribution in [2.45, 2.75) is 6.42 Å². The highest BCUT2D eigenvalue weighted by atomic mass is 16.6. The molecule has 0 spiro atoms. The SMILES string of the molecule is O=[N+]([O-])c1ccc(-c2n[nH]c3cccc(Cc4ccccc4)c23)o1. The Morgan fingerprint density at radius 3 is 2.62 bits per heavy atom. The van der Waals surface area contributed by atoms with Gasteiger partial charge < -0.3 is 4.42 Å². The number of aromatic nitrogens is 2. The van der Waals surface area contributed by atoms with Crippen LogP contribution in [-0.4, -0.2) is 15.1 Å². The van der Waals surface area contributed by atoms with E-state index in [-0.39, 0.29) is 5.88 Å². The van der Waals surface area contributed by atoms with E-state index in [1.54, 1.807) is 6.07 Å². The molecule has 0 aliphatic rings. The first-order chi connectivity index (χ1) is 11.7. The smallest absolute Gasteiger partial charge is 0.399 e. The monoisotopic (exact) mass is 319 g/mol. The maximum absolute atomic E-state index is 10.8. The van der Waals surface area contributed by atoms with Gasteiger partial charge in [0.15, 0.2) is 5.76 Å². The minimum absolute atomic E-state index is 0.290. The van der Waals surface area contributed by atoms with Gasteiger partial charge in [-0.3, -0.25) is 15.2 Å². The summed E-state index contributed by atoms with van der Waals surface area (Å²) in [5, 5.41) is 19.0. The molecule has 2 aromatic heterocycles. The molecule has 0 bridgehead atoms. The molecule has 24 heavy (non-hydrogen) atoms. The van der Waals surface area contributed by atoms with Crippen LogP contribution in [0.1, 0.15) is 11.1 Å². The zero-order valence-electron chi connectivity index (χ0n) is 12.6. The van der Waals surface area contributed by atoms with Gasteiger partial charge in [-0.2, -0.15) is 5.10 Å². The molecule has 2 aromatic carbocycles. The van der Waals surface area contributed by atoms with E-state index < -0.39 is 4.92 Å². The summed E-state index contributed by atoms with van der Waals surface area (Å²) in [7, 11) is 0. The molecule has 0 fully saturated rings. The lowest BCUT2D eigenvalue weighted by molar-refractivity contribution is -0.401. The third kappa shape index (κ3) is 2.44. The normalized spacial score (nSPS) is 11.0. The van der Waals surface area contributed by atoms with Crippen molar-refractivity contribution >= 4 is 16.8 Å². The summed E-state index contributed by atoms with van der Waals surface area (Å²) in [5.41, 5.74) is 3.73. The van der Waals surface area contributed by atoms with Crippen LogP contribution in [-0.2, 0) is 6.42 Å². The fourth-order valence-electron chi connectivity index (χ4n) is 2.84. The Balaban J connectivity index is 1.83. The lowest BCUT2D eigenvalue weighted by Gasteiger charge is -2.04. The van der Waals surface area contributed by atoms with Crippen LogP contribution < -0.4 is 0 Å². The van der Waals surface area contributed by atoms with Gasteiger partial charge >= 0.3 is 5.88 Å². The summed E-state index contributed by atoms with van der Waals surface area (Å²) in [4.78, 5) is 10.3. The summed E-state index contributed by atoms with van der Waals surface area (Å²) < 4.78 is 5.32. The topological polar surface area (TPSA) is 85.0 Å². The number of hydrogen-bond donors (Lipinski definition) is 1. The average molecular weight is 319 g/mol. The Hall–Kier alpha value is -3.41. The summed E-state index contributed by atoms with van der Waals surface area (Å²) >= 11 is 0. The lowest BCUT2D eigenvalue weighted by Crippen LogP contribution is -1.89. The summed E-state index contributed by atoms with van der Waals surface area (Å²) in [6.07, 6.45) is 0.744. The first kappa shape index (κ1) is 14.2. The van der Waals surface area contributed by atoms with Crippen molar-refractivity contribution in [1.82, 2.24) is 10.2 Å². The minimum Gasteiger partial charge on any atom is -0.399 e. The van der Waals surface area contributed by atoms with Crippen LogP contribution >= 0.6 is 0 Å². The van der Waals surface area contributed by atoms with E-state index in [1.807, 2.05) is 36.4 Å². The molecule has 0 saturated carbocycles. The molecule has 0 aliphatic heterocycles. The molecule has 2 heterocycles. The van der Waals surface area contributed by atoms with E-state index in [0.29, 0.717) is 11.5 Å². The number of nitrogens with one attached hydrogen (secondary N) is 1. The Bertz CT molecular complexity index is 1020. The van der Waals surface area contributed by atoms with E-state index in [1.165, 1.54) is 11.6 Å². The van der Waals surface area contributed by atoms with Crippen LogP contribution in [0.2, 0.25) is 0 Å². The van der Waals surface area contributed by atoms with Crippen molar-refractivity contribution < 1.29 is 9.34 Å². The van der Waals surface area contributed by atoms with Gasteiger partial charge in [0.2, 0.25) is 0 Å². The molecular formula is C18H13N3O3. The molecule has 6 nitrogen and oxygen atoms in total. The average Bonchev–Trinajstić information content (AvgIpc) is 3.23. The fourth-order valence-corrected chi connectivity index (χ4v) is 2.84. The first-order valence-corrected chi connectivity index (χ1v) is 7.47. The van der Waals surface area contributed by atoms with Crippen LogP contribution in [0.4, 0.5) is 5.88 Å². The number of aromatic amines is 1.